The quantitative estimate of drug-likeness (QED) is 0.863. The summed E-state index contributed by atoms with van der Waals surface area (Å²) in [4.78, 5) is 17.0. The maximum atomic E-state index is 12.8. The zero-order chi connectivity index (χ0) is 16.9. The molecule has 0 N–H and O–H groups in total. The maximum Gasteiger partial charge on any atom is 0.227 e. The first kappa shape index (κ1) is 16.4. The molecule has 2 aromatic rings. The zero-order valence-electron chi connectivity index (χ0n) is 14.4. The molecule has 1 aliphatic rings. The van der Waals surface area contributed by atoms with E-state index >= 15 is 0 Å². The molecule has 1 amide bonds. The van der Waals surface area contributed by atoms with E-state index in [9.17, 15) is 4.79 Å². The van der Waals surface area contributed by atoms with Crippen LogP contribution in [0, 0.1) is 0 Å². The Labute approximate surface area is 143 Å². The van der Waals surface area contributed by atoms with Crippen LogP contribution in [0.15, 0.2) is 48.5 Å². The van der Waals surface area contributed by atoms with Gasteiger partial charge < -0.3 is 14.5 Å². The molecule has 0 radical (unpaired) electrons. The van der Waals surface area contributed by atoms with Crippen LogP contribution in [0.4, 0.5) is 11.4 Å². The summed E-state index contributed by atoms with van der Waals surface area (Å²) in [5, 5.41) is 0. The normalized spacial score (nSPS) is 14.1. The van der Waals surface area contributed by atoms with Crippen LogP contribution in [0.1, 0.15) is 18.4 Å². The van der Waals surface area contributed by atoms with Gasteiger partial charge in [-0.25, -0.2) is 0 Å². The molecule has 4 nitrogen and oxygen atoms in total. The average molecular weight is 324 g/mol. The molecule has 2 aromatic carbocycles. The number of carbonyl (C=O) groups excluding carboxylic acids is 1. The average Bonchev–Trinajstić information content (AvgIpc) is 2.79. The first-order chi connectivity index (χ1) is 11.7. The number of carbonyl (C=O) groups is 1. The second kappa shape index (κ2) is 7.39. The highest BCUT2D eigenvalue weighted by atomic mass is 16.5. The Balaban J connectivity index is 1.71. The molecule has 0 atom stereocenters. The minimum Gasteiger partial charge on any atom is -0.497 e. The fourth-order valence-corrected chi connectivity index (χ4v) is 3.16. The van der Waals surface area contributed by atoms with Gasteiger partial charge in [0.25, 0.3) is 0 Å². The highest BCUT2D eigenvalue weighted by Crippen LogP contribution is 2.31. The standard InChI is InChI=1S/C20H24N2O2/c1-21-14-5-15-22(19-7-4-3-6-18(19)21)20(23)13-10-16-8-11-17(24-2)12-9-16/h3-4,6-9,11-12H,5,10,13-15H2,1-2H3. The predicted octanol–water partition coefficient (Wildman–Crippen LogP) is 3.50. The Morgan fingerprint density at radius 1 is 1.04 bits per heavy atom. The molecule has 1 aliphatic heterocycles. The third-order valence-electron chi connectivity index (χ3n) is 4.55. The van der Waals surface area contributed by atoms with Crippen LogP contribution in [0.2, 0.25) is 0 Å². The van der Waals surface area contributed by atoms with E-state index in [-0.39, 0.29) is 5.91 Å². The van der Waals surface area contributed by atoms with E-state index in [1.165, 1.54) is 0 Å². The lowest BCUT2D eigenvalue weighted by Gasteiger charge is -2.24. The van der Waals surface area contributed by atoms with Crippen molar-refractivity contribution in [2.45, 2.75) is 19.3 Å². The second-order valence-electron chi connectivity index (χ2n) is 6.16. The van der Waals surface area contributed by atoms with Crippen molar-refractivity contribution < 1.29 is 9.53 Å². The van der Waals surface area contributed by atoms with E-state index in [0.29, 0.717) is 6.42 Å². The molecule has 0 aliphatic carbocycles. The minimum absolute atomic E-state index is 0.188. The Morgan fingerprint density at radius 2 is 1.75 bits per heavy atom. The van der Waals surface area contributed by atoms with Crippen molar-refractivity contribution in [3.05, 3.63) is 54.1 Å². The van der Waals surface area contributed by atoms with Crippen LogP contribution < -0.4 is 14.5 Å². The summed E-state index contributed by atoms with van der Waals surface area (Å²) in [6.45, 7) is 1.75. The van der Waals surface area contributed by atoms with Gasteiger partial charge in [-0.15, -0.1) is 0 Å². The molecular formula is C20H24N2O2. The molecule has 0 saturated heterocycles. The van der Waals surface area contributed by atoms with E-state index in [2.05, 4.69) is 18.0 Å². The third kappa shape index (κ3) is 3.53. The van der Waals surface area contributed by atoms with Crippen LogP contribution in [0.25, 0.3) is 0 Å². The number of anilines is 2. The number of hydrogen-bond donors (Lipinski definition) is 0. The maximum absolute atomic E-state index is 12.8. The molecule has 24 heavy (non-hydrogen) atoms. The Hall–Kier alpha value is -2.49. The van der Waals surface area contributed by atoms with E-state index < -0.39 is 0 Å². The minimum atomic E-state index is 0.188. The Bertz CT molecular complexity index is 697. The molecule has 0 unspecified atom stereocenters. The van der Waals surface area contributed by atoms with Crippen molar-refractivity contribution in [1.29, 1.82) is 0 Å². The summed E-state index contributed by atoms with van der Waals surface area (Å²) >= 11 is 0. The van der Waals surface area contributed by atoms with E-state index in [1.807, 2.05) is 47.4 Å². The van der Waals surface area contributed by atoms with Crippen molar-refractivity contribution >= 4 is 17.3 Å². The second-order valence-corrected chi connectivity index (χ2v) is 6.16. The first-order valence-electron chi connectivity index (χ1n) is 8.42. The number of ether oxygens (including phenoxy) is 1. The molecule has 1 heterocycles. The molecule has 0 aromatic heterocycles. The number of methoxy groups -OCH3 is 1. The van der Waals surface area contributed by atoms with Gasteiger partial charge in [-0.1, -0.05) is 24.3 Å². The molecule has 0 bridgehead atoms. The molecule has 0 spiro atoms. The fourth-order valence-electron chi connectivity index (χ4n) is 3.16. The fraction of sp³-hybridized carbons (Fsp3) is 0.350. The van der Waals surface area contributed by atoms with E-state index in [1.54, 1.807) is 7.11 Å². The number of rotatable bonds is 4. The summed E-state index contributed by atoms with van der Waals surface area (Å²) in [6, 6.07) is 16.1. The Morgan fingerprint density at radius 3 is 2.46 bits per heavy atom. The topological polar surface area (TPSA) is 32.8 Å². The summed E-state index contributed by atoms with van der Waals surface area (Å²) < 4.78 is 5.17. The van der Waals surface area contributed by atoms with Gasteiger partial charge in [-0.3, -0.25) is 4.79 Å². The lowest BCUT2D eigenvalue weighted by atomic mass is 10.1. The van der Waals surface area contributed by atoms with Crippen LogP contribution in [0.5, 0.6) is 5.75 Å². The molecule has 4 heteroatoms. The van der Waals surface area contributed by atoms with Gasteiger partial charge >= 0.3 is 0 Å². The molecule has 0 saturated carbocycles. The summed E-state index contributed by atoms with van der Waals surface area (Å²) in [5.41, 5.74) is 3.31. The third-order valence-corrected chi connectivity index (χ3v) is 4.55. The number of benzene rings is 2. The van der Waals surface area contributed by atoms with E-state index in [4.69, 9.17) is 4.74 Å². The SMILES string of the molecule is COc1ccc(CCC(=O)N2CCCN(C)c3ccccc32)cc1. The summed E-state index contributed by atoms with van der Waals surface area (Å²) in [7, 11) is 3.75. The highest BCUT2D eigenvalue weighted by Gasteiger charge is 2.22. The van der Waals surface area contributed by atoms with Crippen molar-refractivity contribution in [3.8, 4) is 5.75 Å². The van der Waals surface area contributed by atoms with Crippen LogP contribution in [0.3, 0.4) is 0 Å². The number of hydrogen-bond acceptors (Lipinski definition) is 3. The predicted molar refractivity (Wildman–Crippen MR) is 98.0 cm³/mol. The van der Waals surface area contributed by atoms with Gasteiger partial charge in [0.15, 0.2) is 0 Å². The monoisotopic (exact) mass is 324 g/mol. The molecule has 3 rings (SSSR count). The van der Waals surface area contributed by atoms with Gasteiger partial charge in [0.05, 0.1) is 18.5 Å². The van der Waals surface area contributed by atoms with Gasteiger partial charge in [-0.05, 0) is 42.7 Å². The smallest absolute Gasteiger partial charge is 0.227 e. The van der Waals surface area contributed by atoms with Gasteiger partial charge in [0, 0.05) is 26.6 Å². The van der Waals surface area contributed by atoms with E-state index in [0.717, 1.165) is 48.6 Å². The van der Waals surface area contributed by atoms with Crippen LogP contribution in [-0.4, -0.2) is 33.2 Å². The number of para-hydroxylation sites is 2. The first-order valence-corrected chi connectivity index (χ1v) is 8.42. The van der Waals surface area contributed by atoms with Crippen LogP contribution >= 0.6 is 0 Å². The molecular weight excluding hydrogens is 300 g/mol. The van der Waals surface area contributed by atoms with Crippen molar-refractivity contribution in [2.75, 3.05) is 37.0 Å². The lowest BCUT2D eigenvalue weighted by molar-refractivity contribution is -0.118. The number of aryl methyl sites for hydroxylation is 1. The lowest BCUT2D eigenvalue weighted by Crippen LogP contribution is -2.31. The van der Waals surface area contributed by atoms with Gasteiger partial charge in [0.2, 0.25) is 5.91 Å². The molecule has 126 valence electrons. The number of fused-ring (bicyclic) bond motifs is 1. The number of nitrogens with zero attached hydrogens (tertiary/aromatic N) is 2. The largest absolute Gasteiger partial charge is 0.497 e. The molecule has 0 fully saturated rings. The van der Waals surface area contributed by atoms with Crippen molar-refractivity contribution in [1.82, 2.24) is 0 Å². The Kier molecular flexibility index (Phi) is 5.04. The summed E-state index contributed by atoms with van der Waals surface area (Å²) in [5.74, 6) is 1.03. The van der Waals surface area contributed by atoms with Crippen molar-refractivity contribution in [3.63, 3.8) is 0 Å². The zero-order valence-corrected chi connectivity index (χ0v) is 14.4. The summed E-state index contributed by atoms with van der Waals surface area (Å²) in [6.07, 6.45) is 2.25. The van der Waals surface area contributed by atoms with Gasteiger partial charge in [-0.2, -0.15) is 0 Å². The van der Waals surface area contributed by atoms with Crippen molar-refractivity contribution in [2.24, 2.45) is 0 Å². The van der Waals surface area contributed by atoms with Gasteiger partial charge in [0.1, 0.15) is 5.75 Å². The highest BCUT2D eigenvalue weighted by molar-refractivity contribution is 5.97. The number of amides is 1. The van der Waals surface area contributed by atoms with Crippen LogP contribution in [-0.2, 0) is 11.2 Å².